The van der Waals surface area contributed by atoms with E-state index in [-0.39, 0.29) is 12.0 Å². The largest absolute Gasteiger partial charge is 0.466 e. The molecule has 1 heterocycles. The van der Waals surface area contributed by atoms with Gasteiger partial charge in [0.15, 0.2) is 0 Å². The number of amides is 2. The first-order valence-corrected chi connectivity index (χ1v) is 8.52. The van der Waals surface area contributed by atoms with E-state index in [9.17, 15) is 9.59 Å². The molecule has 1 aliphatic heterocycles. The smallest absolute Gasteiger partial charge is 0.333 e. The molecule has 6 heteroatoms. The molecular formula is C19H27N3O3. The van der Waals surface area contributed by atoms with Gasteiger partial charge >= 0.3 is 12.0 Å². The summed E-state index contributed by atoms with van der Waals surface area (Å²) in [4.78, 5) is 29.8. The fourth-order valence-electron chi connectivity index (χ4n) is 2.80. The van der Waals surface area contributed by atoms with E-state index in [2.05, 4.69) is 4.90 Å². The highest BCUT2D eigenvalue weighted by molar-refractivity contribution is 5.87. The van der Waals surface area contributed by atoms with Gasteiger partial charge < -0.3 is 14.5 Å². The molecule has 2 amide bonds. The lowest BCUT2D eigenvalue weighted by Gasteiger charge is -2.36. The number of methoxy groups -OCH3 is 1. The van der Waals surface area contributed by atoms with Crippen molar-refractivity contribution in [3.05, 3.63) is 47.5 Å². The molecule has 1 aromatic carbocycles. The van der Waals surface area contributed by atoms with Crippen LogP contribution in [-0.4, -0.2) is 73.6 Å². The second-order valence-corrected chi connectivity index (χ2v) is 6.29. The Kier molecular flexibility index (Phi) is 7.01. The number of ether oxygens (including phenoxy) is 1. The Labute approximate surface area is 149 Å². The van der Waals surface area contributed by atoms with Gasteiger partial charge in [0.1, 0.15) is 0 Å². The van der Waals surface area contributed by atoms with Crippen molar-refractivity contribution in [1.82, 2.24) is 14.7 Å². The fourth-order valence-corrected chi connectivity index (χ4v) is 2.80. The number of nitrogens with zero attached hydrogens (tertiary/aromatic N) is 3. The molecule has 0 radical (unpaired) electrons. The molecule has 6 nitrogen and oxygen atoms in total. The Morgan fingerprint density at radius 1 is 1.16 bits per heavy atom. The predicted octanol–water partition coefficient (Wildman–Crippen LogP) is 1.98. The fraction of sp³-hybridized carbons (Fsp3) is 0.474. The summed E-state index contributed by atoms with van der Waals surface area (Å²) in [7, 11) is 3.22. The Hall–Kier alpha value is -2.34. The van der Waals surface area contributed by atoms with Crippen molar-refractivity contribution in [3.63, 3.8) is 0 Å². The van der Waals surface area contributed by atoms with Crippen LogP contribution in [0.1, 0.15) is 12.5 Å². The Bertz CT molecular complexity index is 608. The molecule has 136 valence electrons. The molecule has 1 aliphatic rings. The molecule has 0 spiro atoms. The van der Waals surface area contributed by atoms with Gasteiger partial charge in [-0.15, -0.1) is 0 Å². The van der Waals surface area contributed by atoms with Gasteiger partial charge in [0, 0.05) is 51.9 Å². The Morgan fingerprint density at radius 3 is 2.40 bits per heavy atom. The first-order chi connectivity index (χ1) is 12.0. The third kappa shape index (κ3) is 5.60. The quantitative estimate of drug-likeness (QED) is 0.605. The third-order valence-corrected chi connectivity index (χ3v) is 4.39. The maximum Gasteiger partial charge on any atom is 0.333 e. The molecule has 1 fully saturated rings. The number of benzene rings is 1. The summed E-state index contributed by atoms with van der Waals surface area (Å²) >= 11 is 0. The van der Waals surface area contributed by atoms with Gasteiger partial charge in [-0.05, 0) is 12.5 Å². The van der Waals surface area contributed by atoms with Crippen LogP contribution in [0.2, 0.25) is 0 Å². The van der Waals surface area contributed by atoms with Crippen molar-refractivity contribution in [2.24, 2.45) is 0 Å². The van der Waals surface area contributed by atoms with E-state index in [1.165, 1.54) is 7.11 Å². The normalized spacial score (nSPS) is 15.8. The molecule has 0 saturated carbocycles. The number of hydrogen-bond acceptors (Lipinski definition) is 4. The second-order valence-electron chi connectivity index (χ2n) is 6.29. The van der Waals surface area contributed by atoms with Gasteiger partial charge in [-0.25, -0.2) is 9.59 Å². The van der Waals surface area contributed by atoms with E-state index in [1.54, 1.807) is 11.8 Å². The number of carbonyl (C=O) groups is 2. The van der Waals surface area contributed by atoms with Crippen molar-refractivity contribution >= 4 is 12.0 Å². The lowest BCUT2D eigenvalue weighted by atomic mass is 10.2. The summed E-state index contributed by atoms with van der Waals surface area (Å²) in [5, 5.41) is 0. The lowest BCUT2D eigenvalue weighted by Crippen LogP contribution is -2.51. The van der Waals surface area contributed by atoms with Crippen LogP contribution in [0.5, 0.6) is 0 Å². The number of rotatable bonds is 5. The van der Waals surface area contributed by atoms with Crippen LogP contribution < -0.4 is 0 Å². The van der Waals surface area contributed by atoms with Crippen LogP contribution >= 0.6 is 0 Å². The maximum absolute atomic E-state index is 12.6. The van der Waals surface area contributed by atoms with E-state index in [1.807, 2.05) is 48.4 Å². The van der Waals surface area contributed by atoms with Crippen LogP contribution in [0, 0.1) is 0 Å². The number of piperazine rings is 1. The molecule has 0 unspecified atom stereocenters. The SMILES string of the molecule is COC(=O)/C(C)=C/CN1CCN(C(=O)N(C)Cc2ccccc2)CC1. The molecule has 0 aliphatic carbocycles. The van der Waals surface area contributed by atoms with Crippen molar-refractivity contribution < 1.29 is 14.3 Å². The van der Waals surface area contributed by atoms with Crippen molar-refractivity contribution in [1.29, 1.82) is 0 Å². The summed E-state index contributed by atoms with van der Waals surface area (Å²) in [6.45, 7) is 6.06. The van der Waals surface area contributed by atoms with Gasteiger partial charge in [0.2, 0.25) is 0 Å². The standard InChI is InChI=1S/C19H27N3O3/c1-16(18(23)25-3)9-10-21-11-13-22(14-12-21)19(24)20(2)15-17-7-5-4-6-8-17/h4-9H,10-15H2,1-3H3/b16-9+. The molecule has 0 bridgehead atoms. The Morgan fingerprint density at radius 2 is 1.80 bits per heavy atom. The van der Waals surface area contributed by atoms with Gasteiger partial charge in [-0.2, -0.15) is 0 Å². The van der Waals surface area contributed by atoms with Gasteiger partial charge in [-0.1, -0.05) is 36.4 Å². The molecule has 1 saturated heterocycles. The monoisotopic (exact) mass is 345 g/mol. The second kappa shape index (κ2) is 9.22. The zero-order valence-electron chi connectivity index (χ0n) is 15.3. The van der Waals surface area contributed by atoms with Crippen LogP contribution in [0.15, 0.2) is 42.0 Å². The average Bonchev–Trinajstić information content (AvgIpc) is 2.66. The number of carbonyl (C=O) groups excluding carboxylic acids is 2. The highest BCUT2D eigenvalue weighted by Gasteiger charge is 2.23. The van der Waals surface area contributed by atoms with E-state index < -0.39 is 0 Å². The molecule has 1 aromatic rings. The van der Waals surface area contributed by atoms with Gasteiger partial charge in [0.05, 0.1) is 7.11 Å². The molecule has 0 atom stereocenters. The number of urea groups is 1. The van der Waals surface area contributed by atoms with Crippen LogP contribution in [0.3, 0.4) is 0 Å². The highest BCUT2D eigenvalue weighted by atomic mass is 16.5. The number of hydrogen-bond donors (Lipinski definition) is 0. The molecular weight excluding hydrogens is 318 g/mol. The molecule has 0 aromatic heterocycles. The van der Waals surface area contributed by atoms with Crippen LogP contribution in [-0.2, 0) is 16.1 Å². The van der Waals surface area contributed by atoms with E-state index >= 15 is 0 Å². The Balaban J connectivity index is 1.79. The minimum Gasteiger partial charge on any atom is -0.466 e. The summed E-state index contributed by atoms with van der Waals surface area (Å²) in [6.07, 6.45) is 1.88. The highest BCUT2D eigenvalue weighted by Crippen LogP contribution is 2.09. The average molecular weight is 345 g/mol. The van der Waals surface area contributed by atoms with E-state index in [4.69, 9.17) is 4.74 Å². The van der Waals surface area contributed by atoms with Crippen LogP contribution in [0.4, 0.5) is 4.79 Å². The van der Waals surface area contributed by atoms with Crippen molar-refractivity contribution in [2.75, 3.05) is 46.9 Å². The van der Waals surface area contributed by atoms with E-state index in [0.29, 0.717) is 31.8 Å². The van der Waals surface area contributed by atoms with Gasteiger partial charge in [-0.3, -0.25) is 4.90 Å². The summed E-state index contributed by atoms with van der Waals surface area (Å²) in [5.41, 5.74) is 1.74. The lowest BCUT2D eigenvalue weighted by molar-refractivity contribution is -0.136. The predicted molar refractivity (Wildman–Crippen MR) is 97.1 cm³/mol. The maximum atomic E-state index is 12.6. The minimum absolute atomic E-state index is 0.0600. The third-order valence-electron chi connectivity index (χ3n) is 4.39. The van der Waals surface area contributed by atoms with Crippen molar-refractivity contribution in [3.8, 4) is 0 Å². The summed E-state index contributed by atoms with van der Waals surface area (Å²) in [6, 6.07) is 10.0. The topological polar surface area (TPSA) is 53.1 Å². The minimum atomic E-state index is -0.295. The zero-order chi connectivity index (χ0) is 18.2. The number of esters is 1. The zero-order valence-corrected chi connectivity index (χ0v) is 15.3. The molecule has 2 rings (SSSR count). The first-order valence-electron chi connectivity index (χ1n) is 8.52. The molecule has 25 heavy (non-hydrogen) atoms. The summed E-state index contributed by atoms with van der Waals surface area (Å²) in [5.74, 6) is -0.295. The van der Waals surface area contributed by atoms with Crippen molar-refractivity contribution in [2.45, 2.75) is 13.5 Å². The van der Waals surface area contributed by atoms with Gasteiger partial charge in [0.25, 0.3) is 0 Å². The summed E-state index contributed by atoms with van der Waals surface area (Å²) < 4.78 is 4.69. The molecule has 0 N–H and O–H groups in total. The van der Waals surface area contributed by atoms with Crippen LogP contribution in [0.25, 0.3) is 0 Å². The van der Waals surface area contributed by atoms with E-state index in [0.717, 1.165) is 18.7 Å². The first kappa shape index (κ1) is 19.0.